The van der Waals surface area contributed by atoms with Gasteiger partial charge in [-0.25, -0.2) is 0 Å². The molecule has 414 valence electrons. The van der Waals surface area contributed by atoms with Crippen LogP contribution < -0.4 is 0 Å². The highest BCUT2D eigenvalue weighted by Crippen LogP contribution is 2.18. The first-order valence-electron chi connectivity index (χ1n) is 31.7. The minimum Gasteiger partial charge on any atom is -0.462 e. The highest BCUT2D eigenvalue weighted by molar-refractivity contribution is 5.71. The Labute approximate surface area is 437 Å². The molecule has 0 aromatic heterocycles. The molecular weight excluding hydrogens is 865 g/mol. The molecule has 0 fully saturated rings. The van der Waals surface area contributed by atoms with Crippen LogP contribution in [0.2, 0.25) is 0 Å². The molecule has 0 aromatic rings. The fraction of sp³-hybridized carbons (Fsp3) is 0.922. The predicted octanol–water partition coefficient (Wildman–Crippen LogP) is 21.3. The maximum absolute atomic E-state index is 12.9. The number of unbranched alkanes of at least 4 members (excludes halogenated alkanes) is 46. The molecule has 0 aromatic carbocycles. The Bertz CT molecular complexity index is 1090. The molecule has 0 bridgehead atoms. The van der Waals surface area contributed by atoms with Crippen LogP contribution in [0.15, 0.2) is 12.2 Å². The van der Waals surface area contributed by atoms with E-state index in [1.54, 1.807) is 0 Å². The average molecular weight is 988 g/mol. The molecule has 1 unspecified atom stereocenters. The number of ether oxygens (including phenoxy) is 3. The topological polar surface area (TPSA) is 78.9 Å². The zero-order valence-electron chi connectivity index (χ0n) is 47.6. The third-order valence-corrected chi connectivity index (χ3v) is 14.5. The van der Waals surface area contributed by atoms with E-state index in [9.17, 15) is 14.4 Å². The van der Waals surface area contributed by atoms with Crippen molar-refractivity contribution >= 4 is 17.9 Å². The van der Waals surface area contributed by atoms with E-state index in [0.717, 1.165) is 57.8 Å². The van der Waals surface area contributed by atoms with Crippen LogP contribution in [0.3, 0.4) is 0 Å². The highest BCUT2D eigenvalue weighted by Gasteiger charge is 2.19. The van der Waals surface area contributed by atoms with E-state index >= 15 is 0 Å². The third kappa shape index (κ3) is 57.1. The van der Waals surface area contributed by atoms with Crippen molar-refractivity contribution in [2.45, 2.75) is 367 Å². The Morgan fingerprint density at radius 1 is 0.271 bits per heavy atom. The molecule has 0 spiro atoms. The quantitative estimate of drug-likeness (QED) is 0.0261. The second-order valence-corrected chi connectivity index (χ2v) is 21.7. The minimum atomic E-state index is -0.766. The summed E-state index contributed by atoms with van der Waals surface area (Å²) in [6.45, 7) is 6.71. The monoisotopic (exact) mass is 987 g/mol. The van der Waals surface area contributed by atoms with E-state index in [4.69, 9.17) is 14.2 Å². The van der Waals surface area contributed by atoms with Crippen LogP contribution in [0.4, 0.5) is 0 Å². The van der Waals surface area contributed by atoms with Gasteiger partial charge in [-0.2, -0.15) is 0 Å². The molecular formula is C64H122O6. The van der Waals surface area contributed by atoms with E-state index in [1.807, 2.05) is 0 Å². The Balaban J connectivity index is 4.28. The number of esters is 3. The van der Waals surface area contributed by atoms with Crippen LogP contribution in [-0.2, 0) is 28.6 Å². The molecule has 1 atom stereocenters. The van der Waals surface area contributed by atoms with Crippen molar-refractivity contribution in [3.05, 3.63) is 12.2 Å². The summed E-state index contributed by atoms with van der Waals surface area (Å²) in [6.07, 6.45) is 69.2. The number of carbonyl (C=O) groups excluding carboxylic acids is 3. The van der Waals surface area contributed by atoms with Crippen molar-refractivity contribution in [1.82, 2.24) is 0 Å². The van der Waals surface area contributed by atoms with Crippen molar-refractivity contribution in [1.29, 1.82) is 0 Å². The summed E-state index contributed by atoms with van der Waals surface area (Å²) in [5, 5.41) is 0. The molecule has 6 nitrogen and oxygen atoms in total. The van der Waals surface area contributed by atoms with Crippen molar-refractivity contribution in [3.63, 3.8) is 0 Å². The Kier molecular flexibility index (Phi) is 58.1. The van der Waals surface area contributed by atoms with E-state index in [1.165, 1.54) is 263 Å². The van der Waals surface area contributed by atoms with Gasteiger partial charge in [0.05, 0.1) is 0 Å². The van der Waals surface area contributed by atoms with Gasteiger partial charge in [0, 0.05) is 19.3 Å². The molecule has 0 aliphatic rings. The SMILES string of the molecule is CCCCCCCCCC/C=C\CCCCCCCCCCCC(=O)OCC(COC(=O)CCCCCCCCCCCCCCCCC)OC(=O)CCCCCCCCCCCCCCCCCC. The first-order valence-corrected chi connectivity index (χ1v) is 31.7. The standard InChI is InChI=1S/C64H122O6/c1-4-7-10-13-16-19-22-25-28-30-31-32-33-34-37-39-42-45-48-51-54-57-63(66)69-60-61(59-68-62(65)56-53-50-47-44-41-38-35-27-24-21-18-15-12-9-6-3)70-64(67)58-55-52-49-46-43-40-36-29-26-23-20-17-14-11-8-5-2/h30-31,61H,4-29,32-60H2,1-3H3/b31-30-. The zero-order chi connectivity index (χ0) is 50.7. The fourth-order valence-corrected chi connectivity index (χ4v) is 9.74. The molecule has 0 heterocycles. The largest absolute Gasteiger partial charge is 0.462 e. The fourth-order valence-electron chi connectivity index (χ4n) is 9.74. The zero-order valence-corrected chi connectivity index (χ0v) is 47.6. The number of allylic oxidation sites excluding steroid dienone is 2. The smallest absolute Gasteiger partial charge is 0.306 e. The lowest BCUT2D eigenvalue weighted by Gasteiger charge is -2.18. The lowest BCUT2D eigenvalue weighted by molar-refractivity contribution is -0.167. The van der Waals surface area contributed by atoms with Gasteiger partial charge in [0.1, 0.15) is 13.2 Å². The molecule has 0 aliphatic heterocycles. The van der Waals surface area contributed by atoms with Crippen molar-refractivity contribution < 1.29 is 28.6 Å². The van der Waals surface area contributed by atoms with E-state index in [0.29, 0.717) is 19.3 Å². The van der Waals surface area contributed by atoms with Gasteiger partial charge in [0.15, 0.2) is 6.10 Å². The molecule has 0 aliphatic carbocycles. The summed E-state index contributed by atoms with van der Waals surface area (Å²) in [7, 11) is 0. The number of hydrogen-bond donors (Lipinski definition) is 0. The van der Waals surface area contributed by atoms with Crippen molar-refractivity contribution in [3.8, 4) is 0 Å². The number of hydrogen-bond acceptors (Lipinski definition) is 6. The minimum absolute atomic E-state index is 0.0639. The molecule has 0 radical (unpaired) electrons. The summed E-state index contributed by atoms with van der Waals surface area (Å²) in [6, 6.07) is 0. The van der Waals surface area contributed by atoms with Crippen LogP contribution >= 0.6 is 0 Å². The van der Waals surface area contributed by atoms with Gasteiger partial charge in [-0.1, -0.05) is 309 Å². The Hall–Kier alpha value is -1.85. The van der Waals surface area contributed by atoms with Gasteiger partial charge in [0.25, 0.3) is 0 Å². The lowest BCUT2D eigenvalue weighted by atomic mass is 10.0. The van der Waals surface area contributed by atoms with Gasteiger partial charge in [-0.05, 0) is 44.9 Å². The first kappa shape index (κ1) is 68.2. The lowest BCUT2D eigenvalue weighted by Crippen LogP contribution is -2.30. The average Bonchev–Trinajstić information content (AvgIpc) is 3.36. The second-order valence-electron chi connectivity index (χ2n) is 21.7. The Morgan fingerprint density at radius 3 is 0.714 bits per heavy atom. The van der Waals surface area contributed by atoms with Gasteiger partial charge in [-0.15, -0.1) is 0 Å². The molecule has 6 heteroatoms. The molecule has 0 rings (SSSR count). The summed E-state index contributed by atoms with van der Waals surface area (Å²) >= 11 is 0. The number of carbonyl (C=O) groups is 3. The molecule has 0 saturated carbocycles. The van der Waals surface area contributed by atoms with Crippen LogP contribution in [0, 0.1) is 0 Å². The van der Waals surface area contributed by atoms with Gasteiger partial charge >= 0.3 is 17.9 Å². The van der Waals surface area contributed by atoms with Crippen LogP contribution in [0.5, 0.6) is 0 Å². The normalized spacial score (nSPS) is 12.0. The summed E-state index contributed by atoms with van der Waals surface area (Å²) in [4.78, 5) is 38.3. The van der Waals surface area contributed by atoms with Gasteiger partial charge in [0.2, 0.25) is 0 Å². The first-order chi connectivity index (χ1) is 34.5. The maximum atomic E-state index is 12.9. The number of rotatable bonds is 59. The summed E-state index contributed by atoms with van der Waals surface area (Å²) in [5.41, 5.74) is 0. The summed E-state index contributed by atoms with van der Waals surface area (Å²) < 4.78 is 16.9. The molecule has 0 N–H and O–H groups in total. The van der Waals surface area contributed by atoms with E-state index < -0.39 is 6.10 Å². The second kappa shape index (κ2) is 59.7. The van der Waals surface area contributed by atoms with Crippen molar-refractivity contribution in [2.75, 3.05) is 13.2 Å². The molecule has 0 saturated heterocycles. The van der Waals surface area contributed by atoms with Crippen molar-refractivity contribution in [2.24, 2.45) is 0 Å². The molecule has 0 amide bonds. The predicted molar refractivity (Wildman–Crippen MR) is 303 cm³/mol. The third-order valence-electron chi connectivity index (χ3n) is 14.5. The van der Waals surface area contributed by atoms with Gasteiger partial charge in [-0.3, -0.25) is 14.4 Å². The molecule has 70 heavy (non-hydrogen) atoms. The summed E-state index contributed by atoms with van der Waals surface area (Å²) in [5.74, 6) is -0.836. The van der Waals surface area contributed by atoms with Gasteiger partial charge < -0.3 is 14.2 Å². The van der Waals surface area contributed by atoms with Crippen LogP contribution in [0.1, 0.15) is 361 Å². The van der Waals surface area contributed by atoms with Crippen LogP contribution in [0.25, 0.3) is 0 Å². The Morgan fingerprint density at radius 2 is 0.471 bits per heavy atom. The highest BCUT2D eigenvalue weighted by atomic mass is 16.6. The van der Waals surface area contributed by atoms with Crippen LogP contribution in [-0.4, -0.2) is 37.2 Å². The maximum Gasteiger partial charge on any atom is 0.306 e. The van der Waals surface area contributed by atoms with E-state index in [-0.39, 0.29) is 31.1 Å². The van der Waals surface area contributed by atoms with E-state index in [2.05, 4.69) is 32.9 Å².